The van der Waals surface area contributed by atoms with Gasteiger partial charge in [0.2, 0.25) is 5.91 Å². The van der Waals surface area contributed by atoms with Gasteiger partial charge in [0.1, 0.15) is 11.9 Å². The third-order valence-electron chi connectivity index (χ3n) is 6.40. The minimum Gasteiger partial charge on any atom is -0.368 e. The van der Waals surface area contributed by atoms with Crippen molar-refractivity contribution in [2.24, 2.45) is 5.92 Å². The van der Waals surface area contributed by atoms with Crippen molar-refractivity contribution in [1.29, 1.82) is 0 Å². The number of hydrogen-bond donors (Lipinski definition) is 0. The van der Waals surface area contributed by atoms with Crippen molar-refractivity contribution in [2.75, 3.05) is 50.8 Å². The van der Waals surface area contributed by atoms with Crippen LogP contribution in [0.5, 0.6) is 0 Å². The van der Waals surface area contributed by atoms with Crippen molar-refractivity contribution < 1.29 is 27.5 Å². The lowest BCUT2D eigenvalue weighted by Crippen LogP contribution is -2.54. The molecule has 1 unspecified atom stereocenters. The van der Waals surface area contributed by atoms with E-state index in [1.165, 1.54) is 0 Å². The molecule has 2 amide bonds. The van der Waals surface area contributed by atoms with Crippen LogP contribution in [-0.2, 0) is 20.5 Å². The molecule has 32 heavy (non-hydrogen) atoms. The summed E-state index contributed by atoms with van der Waals surface area (Å²) >= 11 is 6.06. The van der Waals surface area contributed by atoms with Crippen molar-refractivity contribution in [3.8, 4) is 0 Å². The van der Waals surface area contributed by atoms with Crippen molar-refractivity contribution >= 4 is 29.2 Å². The summed E-state index contributed by atoms with van der Waals surface area (Å²) in [6.07, 6.45) is -1.23. The molecule has 1 aromatic heterocycles. The average molecular weight is 475 g/mol. The lowest BCUT2D eigenvalue weighted by molar-refractivity contribution is -0.147. The number of piperidine rings is 1. The topological polar surface area (TPSA) is 66.0 Å². The fraction of sp³-hybridized carbons (Fsp3) is 0.667. The average Bonchev–Trinajstić information content (AvgIpc) is 3.33. The Kier molecular flexibility index (Phi) is 6.80. The van der Waals surface area contributed by atoms with Crippen LogP contribution in [0, 0.1) is 5.92 Å². The van der Waals surface area contributed by atoms with E-state index in [2.05, 4.69) is 4.98 Å². The van der Waals surface area contributed by atoms with Crippen LogP contribution in [0.3, 0.4) is 0 Å². The number of pyridine rings is 1. The number of amides is 2. The zero-order valence-electron chi connectivity index (χ0n) is 17.6. The first-order valence-electron chi connectivity index (χ1n) is 10.9. The summed E-state index contributed by atoms with van der Waals surface area (Å²) in [5, 5.41) is -0.0448. The number of alkyl halides is 3. The Morgan fingerprint density at radius 2 is 1.62 bits per heavy atom. The molecule has 11 heteroatoms. The summed E-state index contributed by atoms with van der Waals surface area (Å²) in [6.45, 7) is 3.63. The normalized spacial score (nSPS) is 23.0. The maximum Gasteiger partial charge on any atom is 0.417 e. The Balaban J connectivity index is 1.27. The van der Waals surface area contributed by atoms with Crippen LogP contribution in [0.2, 0.25) is 5.02 Å². The van der Waals surface area contributed by atoms with E-state index in [0.29, 0.717) is 64.5 Å². The molecule has 0 saturated carbocycles. The van der Waals surface area contributed by atoms with Gasteiger partial charge in [0, 0.05) is 58.0 Å². The molecular weight excluding hydrogens is 449 g/mol. The SMILES string of the molecule is O=C(C1CCN(c2ncc(C(F)(F)F)cc2Cl)CC1)N1CCN(C(=O)C2CCCO2)CC1. The van der Waals surface area contributed by atoms with E-state index < -0.39 is 11.7 Å². The lowest BCUT2D eigenvalue weighted by Gasteiger charge is -2.39. The van der Waals surface area contributed by atoms with Crippen LogP contribution in [-0.4, -0.2) is 78.6 Å². The highest BCUT2D eigenvalue weighted by atomic mass is 35.5. The van der Waals surface area contributed by atoms with E-state index in [1.807, 2.05) is 9.80 Å². The first-order valence-corrected chi connectivity index (χ1v) is 11.3. The standard InChI is InChI=1S/C21H26ClF3N4O3/c22-16-12-15(21(23,24)25)13-26-18(16)27-5-3-14(4-6-27)19(30)28-7-9-29(10-8-28)20(31)17-2-1-11-32-17/h12-14,17H,1-11H2. The quantitative estimate of drug-likeness (QED) is 0.674. The molecule has 4 heterocycles. The second-order valence-corrected chi connectivity index (χ2v) is 8.85. The number of nitrogens with zero attached hydrogens (tertiary/aromatic N) is 4. The Labute approximate surface area is 189 Å². The van der Waals surface area contributed by atoms with Gasteiger partial charge < -0.3 is 19.4 Å². The number of carbonyl (C=O) groups excluding carboxylic acids is 2. The Bertz CT molecular complexity index is 847. The number of ether oxygens (including phenoxy) is 1. The third-order valence-corrected chi connectivity index (χ3v) is 6.68. The Morgan fingerprint density at radius 3 is 2.16 bits per heavy atom. The van der Waals surface area contributed by atoms with Crippen LogP contribution >= 0.6 is 11.6 Å². The molecule has 0 aliphatic carbocycles. The van der Waals surface area contributed by atoms with Crippen molar-refractivity contribution in [3.05, 3.63) is 22.8 Å². The lowest BCUT2D eigenvalue weighted by atomic mass is 9.95. The molecule has 0 aromatic carbocycles. The smallest absolute Gasteiger partial charge is 0.368 e. The highest BCUT2D eigenvalue weighted by molar-refractivity contribution is 6.33. The summed E-state index contributed by atoms with van der Waals surface area (Å²) in [5.74, 6) is 0.246. The van der Waals surface area contributed by atoms with Gasteiger partial charge >= 0.3 is 6.18 Å². The fourth-order valence-corrected chi connectivity index (χ4v) is 4.82. The predicted octanol–water partition coefficient (Wildman–Crippen LogP) is 2.82. The summed E-state index contributed by atoms with van der Waals surface area (Å²) in [5.41, 5.74) is -0.881. The van der Waals surface area contributed by atoms with Gasteiger partial charge in [-0.25, -0.2) is 4.98 Å². The molecule has 3 aliphatic heterocycles. The third kappa shape index (κ3) is 4.96. The molecule has 3 saturated heterocycles. The van der Waals surface area contributed by atoms with Gasteiger partial charge in [-0.3, -0.25) is 9.59 Å². The number of rotatable bonds is 3. The maximum atomic E-state index is 13.0. The van der Waals surface area contributed by atoms with Crippen LogP contribution in [0.15, 0.2) is 12.3 Å². The molecular formula is C21H26ClF3N4O3. The van der Waals surface area contributed by atoms with Gasteiger partial charge in [0.15, 0.2) is 0 Å². The van der Waals surface area contributed by atoms with Gasteiger partial charge in [-0.2, -0.15) is 13.2 Å². The number of hydrogen-bond acceptors (Lipinski definition) is 5. The van der Waals surface area contributed by atoms with Crippen LogP contribution < -0.4 is 4.90 Å². The zero-order chi connectivity index (χ0) is 22.9. The second kappa shape index (κ2) is 9.43. The summed E-state index contributed by atoms with van der Waals surface area (Å²) < 4.78 is 43.9. The van der Waals surface area contributed by atoms with E-state index in [1.54, 1.807) is 4.90 Å². The van der Waals surface area contributed by atoms with Gasteiger partial charge in [0.25, 0.3) is 5.91 Å². The largest absolute Gasteiger partial charge is 0.417 e. The highest BCUT2D eigenvalue weighted by Crippen LogP contribution is 2.35. The molecule has 0 radical (unpaired) electrons. The van der Waals surface area contributed by atoms with Crippen LogP contribution in [0.25, 0.3) is 0 Å². The Hall–Kier alpha value is -2.07. The molecule has 0 N–H and O–H groups in total. The minimum atomic E-state index is -4.49. The number of piperazine rings is 1. The monoisotopic (exact) mass is 474 g/mol. The van der Waals surface area contributed by atoms with Crippen LogP contribution in [0.4, 0.5) is 19.0 Å². The molecule has 4 rings (SSSR count). The number of anilines is 1. The first kappa shape index (κ1) is 23.1. The molecule has 3 fully saturated rings. The summed E-state index contributed by atoms with van der Waals surface area (Å²) in [7, 11) is 0. The van der Waals surface area contributed by atoms with E-state index in [9.17, 15) is 22.8 Å². The van der Waals surface area contributed by atoms with Crippen molar-refractivity contribution in [3.63, 3.8) is 0 Å². The van der Waals surface area contributed by atoms with Gasteiger partial charge in [-0.15, -0.1) is 0 Å². The molecule has 1 aromatic rings. The molecule has 3 aliphatic rings. The zero-order valence-corrected chi connectivity index (χ0v) is 18.4. The molecule has 0 spiro atoms. The maximum absolute atomic E-state index is 13.0. The van der Waals surface area contributed by atoms with E-state index in [0.717, 1.165) is 25.1 Å². The van der Waals surface area contributed by atoms with Crippen LogP contribution in [0.1, 0.15) is 31.2 Å². The van der Waals surface area contributed by atoms with Gasteiger partial charge in [0.05, 0.1) is 10.6 Å². The first-order chi connectivity index (χ1) is 15.2. The summed E-state index contributed by atoms with van der Waals surface area (Å²) in [4.78, 5) is 34.8. The highest BCUT2D eigenvalue weighted by Gasteiger charge is 2.35. The fourth-order valence-electron chi connectivity index (χ4n) is 4.54. The van der Waals surface area contributed by atoms with E-state index >= 15 is 0 Å². The number of aromatic nitrogens is 1. The van der Waals surface area contributed by atoms with Gasteiger partial charge in [-0.05, 0) is 31.7 Å². The summed E-state index contributed by atoms with van der Waals surface area (Å²) in [6, 6.07) is 0.887. The second-order valence-electron chi connectivity index (χ2n) is 8.44. The number of carbonyl (C=O) groups is 2. The molecule has 0 bridgehead atoms. The van der Waals surface area contributed by atoms with E-state index in [4.69, 9.17) is 16.3 Å². The minimum absolute atomic E-state index is 0.0174. The molecule has 7 nitrogen and oxygen atoms in total. The van der Waals surface area contributed by atoms with Gasteiger partial charge in [-0.1, -0.05) is 11.6 Å². The Morgan fingerprint density at radius 1 is 1.00 bits per heavy atom. The van der Waals surface area contributed by atoms with Crippen molar-refractivity contribution in [2.45, 2.75) is 38.0 Å². The molecule has 176 valence electrons. The van der Waals surface area contributed by atoms with Crippen molar-refractivity contribution in [1.82, 2.24) is 14.8 Å². The molecule has 1 atom stereocenters. The predicted molar refractivity (Wildman–Crippen MR) is 111 cm³/mol. The number of halogens is 4. The van der Waals surface area contributed by atoms with E-state index in [-0.39, 0.29) is 28.9 Å².